The third-order valence-electron chi connectivity index (χ3n) is 4.01. The number of hydrogen-bond acceptors (Lipinski definition) is 3. The van der Waals surface area contributed by atoms with Crippen LogP contribution in [0.15, 0.2) is 42.6 Å². The Morgan fingerprint density at radius 2 is 2.15 bits per heavy atom. The number of aryl methyl sites for hydroxylation is 1. The van der Waals surface area contributed by atoms with Gasteiger partial charge in [-0.05, 0) is 42.5 Å². The number of nitrogens with two attached hydrogens (primary N) is 1. The van der Waals surface area contributed by atoms with Gasteiger partial charge in [0.15, 0.2) is 0 Å². The number of ether oxygens (including phenoxy) is 1. The van der Waals surface area contributed by atoms with E-state index in [2.05, 4.69) is 35.3 Å². The van der Waals surface area contributed by atoms with E-state index in [0.717, 1.165) is 30.7 Å². The zero-order valence-electron chi connectivity index (χ0n) is 11.8. The van der Waals surface area contributed by atoms with E-state index in [1.807, 2.05) is 13.0 Å². The molecule has 0 saturated carbocycles. The molecule has 3 rings (SSSR count). The van der Waals surface area contributed by atoms with Crippen LogP contribution in [0.1, 0.15) is 41.0 Å². The zero-order chi connectivity index (χ0) is 13.9. The number of pyridine rings is 1. The summed E-state index contributed by atoms with van der Waals surface area (Å²) in [6.07, 6.45) is 3.68. The van der Waals surface area contributed by atoms with Crippen molar-refractivity contribution in [1.82, 2.24) is 4.98 Å². The van der Waals surface area contributed by atoms with Crippen molar-refractivity contribution in [3.8, 4) is 0 Å². The molecule has 2 N–H and O–H groups in total. The van der Waals surface area contributed by atoms with Gasteiger partial charge in [0.25, 0.3) is 0 Å². The van der Waals surface area contributed by atoms with Gasteiger partial charge in [-0.15, -0.1) is 0 Å². The van der Waals surface area contributed by atoms with Crippen molar-refractivity contribution in [2.45, 2.75) is 31.9 Å². The van der Waals surface area contributed by atoms with Crippen LogP contribution in [0.25, 0.3) is 0 Å². The molecule has 2 atom stereocenters. The first-order valence-corrected chi connectivity index (χ1v) is 7.12. The first kappa shape index (κ1) is 13.3. The van der Waals surface area contributed by atoms with Crippen LogP contribution in [-0.4, -0.2) is 11.6 Å². The second-order valence-electron chi connectivity index (χ2n) is 5.33. The summed E-state index contributed by atoms with van der Waals surface area (Å²) in [5, 5.41) is 0. The van der Waals surface area contributed by atoms with E-state index in [9.17, 15) is 0 Å². The minimum Gasteiger partial charge on any atom is -0.373 e. The molecule has 0 aliphatic carbocycles. The molecule has 0 fully saturated rings. The van der Waals surface area contributed by atoms with Gasteiger partial charge in [0.1, 0.15) is 0 Å². The summed E-state index contributed by atoms with van der Waals surface area (Å²) in [6, 6.07) is 12.5. The van der Waals surface area contributed by atoms with Gasteiger partial charge in [0, 0.05) is 17.9 Å². The number of rotatable bonds is 3. The summed E-state index contributed by atoms with van der Waals surface area (Å²) in [7, 11) is 0. The third kappa shape index (κ3) is 2.60. The molecule has 1 aromatic carbocycles. The van der Waals surface area contributed by atoms with Gasteiger partial charge in [-0.1, -0.05) is 30.3 Å². The molecule has 0 bridgehead atoms. The smallest absolute Gasteiger partial charge is 0.0845 e. The lowest BCUT2D eigenvalue weighted by Crippen LogP contribution is -2.22. The molecular weight excluding hydrogens is 248 g/mol. The highest BCUT2D eigenvalue weighted by Gasteiger charge is 2.23. The summed E-state index contributed by atoms with van der Waals surface area (Å²) in [5.41, 5.74) is 11.2. The van der Waals surface area contributed by atoms with Crippen LogP contribution in [-0.2, 0) is 11.2 Å². The maximum atomic E-state index is 6.36. The molecule has 2 aromatic rings. The fourth-order valence-corrected chi connectivity index (χ4v) is 2.92. The second-order valence-corrected chi connectivity index (χ2v) is 5.33. The zero-order valence-corrected chi connectivity index (χ0v) is 11.8. The van der Waals surface area contributed by atoms with Gasteiger partial charge < -0.3 is 10.5 Å². The second kappa shape index (κ2) is 5.73. The molecular formula is C17H20N2O. The van der Waals surface area contributed by atoms with E-state index >= 15 is 0 Å². The normalized spacial score (nSPS) is 19.4. The van der Waals surface area contributed by atoms with E-state index in [-0.39, 0.29) is 12.1 Å². The summed E-state index contributed by atoms with van der Waals surface area (Å²) in [6.45, 7) is 2.78. The summed E-state index contributed by atoms with van der Waals surface area (Å²) in [5.74, 6) is 0. The third-order valence-corrected chi connectivity index (χ3v) is 4.01. The molecule has 0 amide bonds. The van der Waals surface area contributed by atoms with Crippen molar-refractivity contribution >= 4 is 0 Å². The SMILES string of the molecule is Cc1ncccc1C(N)CC1OCCc2ccccc21. The number of fused-ring (bicyclic) bond motifs is 1. The van der Waals surface area contributed by atoms with Crippen molar-refractivity contribution in [2.24, 2.45) is 5.73 Å². The van der Waals surface area contributed by atoms with Gasteiger partial charge >= 0.3 is 0 Å². The van der Waals surface area contributed by atoms with Crippen LogP contribution in [0.5, 0.6) is 0 Å². The maximum Gasteiger partial charge on any atom is 0.0845 e. The number of aromatic nitrogens is 1. The van der Waals surface area contributed by atoms with Gasteiger partial charge in [-0.25, -0.2) is 0 Å². The topological polar surface area (TPSA) is 48.1 Å². The number of nitrogens with zero attached hydrogens (tertiary/aromatic N) is 1. The van der Waals surface area contributed by atoms with E-state index in [1.54, 1.807) is 6.20 Å². The Hall–Kier alpha value is -1.71. The van der Waals surface area contributed by atoms with Crippen molar-refractivity contribution in [2.75, 3.05) is 6.61 Å². The molecule has 1 aromatic heterocycles. The Kier molecular flexibility index (Phi) is 3.81. The molecule has 3 heteroatoms. The molecule has 3 nitrogen and oxygen atoms in total. The Morgan fingerprint density at radius 1 is 1.30 bits per heavy atom. The largest absolute Gasteiger partial charge is 0.373 e. The van der Waals surface area contributed by atoms with Crippen LogP contribution >= 0.6 is 0 Å². The molecule has 1 aliphatic rings. The lowest BCUT2D eigenvalue weighted by atomic mass is 9.91. The predicted octanol–water partition coefficient (Wildman–Crippen LogP) is 3.09. The fourth-order valence-electron chi connectivity index (χ4n) is 2.92. The molecule has 0 spiro atoms. The highest BCUT2D eigenvalue weighted by Crippen LogP contribution is 2.33. The highest BCUT2D eigenvalue weighted by molar-refractivity contribution is 5.32. The van der Waals surface area contributed by atoms with Gasteiger partial charge in [-0.3, -0.25) is 4.98 Å². The minimum absolute atomic E-state index is 0.0418. The highest BCUT2D eigenvalue weighted by atomic mass is 16.5. The van der Waals surface area contributed by atoms with Crippen molar-refractivity contribution in [1.29, 1.82) is 0 Å². The van der Waals surface area contributed by atoms with E-state index in [1.165, 1.54) is 11.1 Å². The van der Waals surface area contributed by atoms with E-state index < -0.39 is 0 Å². The summed E-state index contributed by atoms with van der Waals surface area (Å²) >= 11 is 0. The molecule has 2 unspecified atom stereocenters. The quantitative estimate of drug-likeness (QED) is 0.930. The van der Waals surface area contributed by atoms with Crippen molar-refractivity contribution < 1.29 is 4.74 Å². The van der Waals surface area contributed by atoms with Crippen molar-refractivity contribution in [3.63, 3.8) is 0 Å². The van der Waals surface area contributed by atoms with E-state index in [4.69, 9.17) is 10.5 Å². The summed E-state index contributed by atoms with van der Waals surface area (Å²) in [4.78, 5) is 4.32. The van der Waals surface area contributed by atoms with Gasteiger partial charge in [-0.2, -0.15) is 0 Å². The Morgan fingerprint density at radius 3 is 3.00 bits per heavy atom. The number of hydrogen-bond donors (Lipinski definition) is 1. The van der Waals surface area contributed by atoms with Crippen LogP contribution in [0.4, 0.5) is 0 Å². The van der Waals surface area contributed by atoms with Gasteiger partial charge in [0.05, 0.1) is 12.7 Å². The molecule has 20 heavy (non-hydrogen) atoms. The lowest BCUT2D eigenvalue weighted by Gasteiger charge is -2.28. The Bertz CT molecular complexity index is 597. The average Bonchev–Trinajstić information content (AvgIpc) is 2.48. The van der Waals surface area contributed by atoms with E-state index in [0.29, 0.717) is 0 Å². The van der Waals surface area contributed by atoms with Crippen molar-refractivity contribution in [3.05, 3.63) is 65.0 Å². The molecule has 2 heterocycles. The Labute approximate surface area is 119 Å². The van der Waals surface area contributed by atoms with Crippen LogP contribution in [0.3, 0.4) is 0 Å². The standard InChI is InChI=1S/C17H20N2O/c1-12-14(7-4-9-19-12)16(18)11-17-15-6-3-2-5-13(15)8-10-20-17/h2-7,9,16-17H,8,10-11,18H2,1H3. The number of benzene rings is 1. The van der Waals surface area contributed by atoms with Crippen LogP contribution in [0.2, 0.25) is 0 Å². The fraction of sp³-hybridized carbons (Fsp3) is 0.353. The lowest BCUT2D eigenvalue weighted by molar-refractivity contribution is 0.0319. The minimum atomic E-state index is -0.0418. The van der Waals surface area contributed by atoms with Crippen LogP contribution in [0, 0.1) is 6.92 Å². The summed E-state index contributed by atoms with van der Waals surface area (Å²) < 4.78 is 5.94. The molecule has 0 radical (unpaired) electrons. The van der Waals surface area contributed by atoms with Gasteiger partial charge in [0.2, 0.25) is 0 Å². The first-order chi connectivity index (χ1) is 9.75. The molecule has 0 saturated heterocycles. The Balaban J connectivity index is 1.81. The molecule has 104 valence electrons. The van der Waals surface area contributed by atoms with Crippen LogP contribution < -0.4 is 5.73 Å². The average molecular weight is 268 g/mol. The predicted molar refractivity (Wildman–Crippen MR) is 79.4 cm³/mol. The monoisotopic (exact) mass is 268 g/mol. The first-order valence-electron chi connectivity index (χ1n) is 7.12. The maximum absolute atomic E-state index is 6.36. The molecule has 1 aliphatic heterocycles.